The number of rotatable bonds is 2. The first-order chi connectivity index (χ1) is 7.41. The predicted molar refractivity (Wildman–Crippen MR) is 67.3 cm³/mol. The van der Waals surface area contributed by atoms with E-state index in [1.54, 1.807) is 20.8 Å². The van der Waals surface area contributed by atoms with Crippen molar-refractivity contribution in [3.63, 3.8) is 0 Å². The molecule has 0 amide bonds. The number of hydrogen-bond donors (Lipinski definition) is 0. The van der Waals surface area contributed by atoms with Gasteiger partial charge in [0.15, 0.2) is 0 Å². The Morgan fingerprint density at radius 3 is 2.56 bits per heavy atom. The summed E-state index contributed by atoms with van der Waals surface area (Å²) in [5.41, 5.74) is 0.329. The number of oxime groups is 1. The first-order valence-electron chi connectivity index (χ1n) is 4.90. The van der Waals surface area contributed by atoms with E-state index in [1.165, 1.54) is 6.21 Å². The van der Waals surface area contributed by atoms with Gasteiger partial charge in [-0.3, -0.25) is 0 Å². The van der Waals surface area contributed by atoms with E-state index < -0.39 is 5.41 Å². The Hall–Kier alpha value is -1.16. The van der Waals surface area contributed by atoms with Crippen molar-refractivity contribution in [1.29, 1.82) is 0 Å². The Labute approximate surface area is 104 Å². The molecule has 1 rings (SSSR count). The highest BCUT2D eigenvalue weighted by atomic mass is 79.9. The molecule has 0 aliphatic heterocycles. The Morgan fingerprint density at radius 2 is 2.00 bits per heavy atom. The third kappa shape index (κ3) is 3.77. The normalized spacial score (nSPS) is 11.8. The van der Waals surface area contributed by atoms with E-state index in [2.05, 4.69) is 21.1 Å². The number of carbonyl (C=O) groups is 1. The second-order valence-electron chi connectivity index (χ2n) is 4.38. The Bertz CT molecular complexity index is 408. The van der Waals surface area contributed by atoms with Crippen LogP contribution in [0.2, 0.25) is 0 Å². The van der Waals surface area contributed by atoms with Crippen LogP contribution in [0.25, 0.3) is 0 Å². The van der Waals surface area contributed by atoms with Crippen LogP contribution >= 0.6 is 15.9 Å². The lowest BCUT2D eigenvalue weighted by atomic mass is 9.98. The van der Waals surface area contributed by atoms with Gasteiger partial charge in [0.05, 0.1) is 11.6 Å². The lowest BCUT2D eigenvalue weighted by Crippen LogP contribution is -2.21. The minimum Gasteiger partial charge on any atom is -0.318 e. The average molecular weight is 284 g/mol. The zero-order valence-electron chi connectivity index (χ0n) is 9.53. The molecule has 0 unspecified atom stereocenters. The molecular weight excluding hydrogens is 270 g/mol. The Morgan fingerprint density at radius 1 is 1.38 bits per heavy atom. The summed E-state index contributed by atoms with van der Waals surface area (Å²) in [7, 11) is 0. The molecule has 0 fully saturated rings. The van der Waals surface area contributed by atoms with Crippen molar-refractivity contribution in [2.24, 2.45) is 10.6 Å². The third-order valence-corrected chi connectivity index (χ3v) is 2.57. The van der Waals surface area contributed by atoms with Gasteiger partial charge in [-0.2, -0.15) is 0 Å². The number of halogens is 1. The van der Waals surface area contributed by atoms with Crippen molar-refractivity contribution < 1.29 is 9.63 Å². The topological polar surface area (TPSA) is 38.7 Å². The number of benzene rings is 1. The summed E-state index contributed by atoms with van der Waals surface area (Å²) in [6, 6.07) is 7.56. The van der Waals surface area contributed by atoms with Crippen LogP contribution in [0.4, 0.5) is 0 Å². The largest absolute Gasteiger partial charge is 0.340 e. The molecule has 0 aromatic heterocycles. The van der Waals surface area contributed by atoms with Gasteiger partial charge < -0.3 is 4.84 Å². The molecule has 16 heavy (non-hydrogen) atoms. The minimum atomic E-state index is -0.536. The minimum absolute atomic E-state index is 0.351. The zero-order chi connectivity index (χ0) is 12.2. The molecule has 0 N–H and O–H groups in total. The fraction of sp³-hybridized carbons (Fsp3) is 0.333. The summed E-state index contributed by atoms with van der Waals surface area (Å²) in [6.07, 6.45) is 1.51. The molecule has 1 aromatic carbocycles. The summed E-state index contributed by atoms with van der Waals surface area (Å²) >= 11 is 3.37. The van der Waals surface area contributed by atoms with E-state index in [9.17, 15) is 4.79 Å². The summed E-state index contributed by atoms with van der Waals surface area (Å²) in [5.74, 6) is -0.351. The molecule has 0 radical (unpaired) electrons. The molecule has 0 spiro atoms. The van der Waals surface area contributed by atoms with Gasteiger partial charge in [0.25, 0.3) is 0 Å². The molecule has 3 nitrogen and oxygen atoms in total. The van der Waals surface area contributed by atoms with Crippen LogP contribution < -0.4 is 0 Å². The highest BCUT2D eigenvalue weighted by molar-refractivity contribution is 9.10. The number of carbonyl (C=O) groups excluding carboxylic acids is 1. The zero-order valence-corrected chi connectivity index (χ0v) is 11.1. The van der Waals surface area contributed by atoms with Crippen LogP contribution in [-0.4, -0.2) is 12.2 Å². The highest BCUT2D eigenvalue weighted by Crippen LogP contribution is 2.16. The molecule has 0 atom stereocenters. The van der Waals surface area contributed by atoms with Crippen molar-refractivity contribution in [3.05, 3.63) is 34.3 Å². The molecule has 0 aliphatic carbocycles. The quantitative estimate of drug-likeness (QED) is 0.474. The van der Waals surface area contributed by atoms with Crippen LogP contribution in [0.15, 0.2) is 33.9 Å². The molecule has 4 heteroatoms. The number of nitrogens with zero attached hydrogens (tertiary/aromatic N) is 1. The second kappa shape index (κ2) is 5.25. The van der Waals surface area contributed by atoms with E-state index in [0.717, 1.165) is 10.0 Å². The van der Waals surface area contributed by atoms with Crippen LogP contribution in [0.1, 0.15) is 26.3 Å². The fourth-order valence-electron chi connectivity index (χ4n) is 0.848. The molecule has 0 heterocycles. The van der Waals surface area contributed by atoms with E-state index in [-0.39, 0.29) is 5.97 Å². The van der Waals surface area contributed by atoms with Gasteiger partial charge in [0.2, 0.25) is 0 Å². The van der Waals surface area contributed by atoms with Crippen LogP contribution in [0.5, 0.6) is 0 Å². The van der Waals surface area contributed by atoms with Crippen molar-refractivity contribution in [2.75, 3.05) is 0 Å². The maximum absolute atomic E-state index is 11.4. The van der Waals surface area contributed by atoms with Gasteiger partial charge in [0.1, 0.15) is 0 Å². The van der Waals surface area contributed by atoms with Gasteiger partial charge >= 0.3 is 5.97 Å². The van der Waals surface area contributed by atoms with Crippen molar-refractivity contribution in [3.8, 4) is 0 Å². The van der Waals surface area contributed by atoms with Gasteiger partial charge in [-0.1, -0.05) is 39.3 Å². The van der Waals surface area contributed by atoms with Gasteiger partial charge in [0, 0.05) is 10.0 Å². The summed E-state index contributed by atoms with van der Waals surface area (Å²) in [5, 5.41) is 3.66. The first-order valence-corrected chi connectivity index (χ1v) is 5.70. The summed E-state index contributed by atoms with van der Waals surface area (Å²) in [6.45, 7) is 5.34. The second-order valence-corrected chi connectivity index (χ2v) is 5.24. The molecule has 1 aromatic rings. The van der Waals surface area contributed by atoms with Crippen molar-refractivity contribution in [1.82, 2.24) is 0 Å². The summed E-state index contributed by atoms with van der Waals surface area (Å²) < 4.78 is 0.908. The predicted octanol–water partition coefficient (Wildman–Crippen LogP) is 3.37. The average Bonchev–Trinajstić information content (AvgIpc) is 2.19. The SMILES string of the molecule is CC(C)(C)C(=O)O/N=C/c1ccccc1Br. The standard InChI is InChI=1S/C12H14BrNO2/c1-12(2,3)11(15)16-14-8-9-6-4-5-7-10(9)13/h4-8H,1-3H3/b14-8+. The lowest BCUT2D eigenvalue weighted by Gasteiger charge is -2.12. The van der Waals surface area contributed by atoms with Gasteiger partial charge in [-0.15, -0.1) is 0 Å². The van der Waals surface area contributed by atoms with Gasteiger partial charge in [-0.05, 0) is 26.8 Å². The van der Waals surface area contributed by atoms with Crippen LogP contribution in [0, 0.1) is 5.41 Å². The number of hydrogen-bond acceptors (Lipinski definition) is 3. The maximum atomic E-state index is 11.4. The molecule has 86 valence electrons. The molecular formula is C12H14BrNO2. The van der Waals surface area contributed by atoms with Crippen LogP contribution in [0.3, 0.4) is 0 Å². The summed E-state index contributed by atoms with van der Waals surface area (Å²) in [4.78, 5) is 16.2. The lowest BCUT2D eigenvalue weighted by molar-refractivity contribution is -0.152. The van der Waals surface area contributed by atoms with Crippen molar-refractivity contribution >= 4 is 28.1 Å². The maximum Gasteiger partial charge on any atom is 0.340 e. The Kier molecular flexibility index (Phi) is 4.24. The first kappa shape index (κ1) is 12.9. The smallest absolute Gasteiger partial charge is 0.318 e. The van der Waals surface area contributed by atoms with Crippen LogP contribution in [-0.2, 0) is 9.63 Å². The highest BCUT2D eigenvalue weighted by Gasteiger charge is 2.23. The molecule has 0 aliphatic rings. The fourth-order valence-corrected chi connectivity index (χ4v) is 1.23. The van der Waals surface area contributed by atoms with E-state index >= 15 is 0 Å². The van der Waals surface area contributed by atoms with E-state index in [4.69, 9.17) is 4.84 Å². The third-order valence-electron chi connectivity index (χ3n) is 1.85. The molecule has 0 bridgehead atoms. The molecule has 0 saturated carbocycles. The Balaban J connectivity index is 2.63. The van der Waals surface area contributed by atoms with Crippen molar-refractivity contribution in [2.45, 2.75) is 20.8 Å². The monoisotopic (exact) mass is 283 g/mol. The van der Waals surface area contributed by atoms with E-state index in [1.807, 2.05) is 24.3 Å². The molecule has 0 saturated heterocycles. The van der Waals surface area contributed by atoms with Gasteiger partial charge in [-0.25, -0.2) is 4.79 Å². The van der Waals surface area contributed by atoms with E-state index in [0.29, 0.717) is 0 Å².